The number of nitrogens with zero attached hydrogens (tertiary/aromatic N) is 4. The second-order valence-electron chi connectivity index (χ2n) is 4.96. The number of hydrogen-bond acceptors (Lipinski definition) is 3. The van der Waals surface area contributed by atoms with Crippen LogP contribution in [0.25, 0.3) is 11.0 Å². The third-order valence-corrected chi connectivity index (χ3v) is 3.41. The van der Waals surface area contributed by atoms with E-state index in [9.17, 15) is 0 Å². The number of rotatable bonds is 5. The van der Waals surface area contributed by atoms with Crippen molar-refractivity contribution in [1.29, 1.82) is 0 Å². The smallest absolute Gasteiger partial charge is 0.109 e. The van der Waals surface area contributed by atoms with Crippen molar-refractivity contribution >= 4 is 16.7 Å². The van der Waals surface area contributed by atoms with Gasteiger partial charge in [0.2, 0.25) is 0 Å². The van der Waals surface area contributed by atoms with Crippen molar-refractivity contribution in [1.82, 2.24) is 19.3 Å². The molecule has 5 heteroatoms. The Bertz CT molecular complexity index is 710. The molecule has 0 fully saturated rings. The van der Waals surface area contributed by atoms with Crippen molar-refractivity contribution in [2.45, 2.75) is 32.9 Å². The minimum atomic E-state index is 0.703. The number of nitrogens with two attached hydrogens (primary N) is 1. The highest BCUT2D eigenvalue weighted by Crippen LogP contribution is 2.17. The number of fused-ring (bicyclic) bond motifs is 1. The molecule has 0 saturated carbocycles. The number of para-hydroxylation sites is 2. The summed E-state index contributed by atoms with van der Waals surface area (Å²) in [7, 11) is 0. The Morgan fingerprint density at radius 2 is 2.05 bits per heavy atom. The van der Waals surface area contributed by atoms with Gasteiger partial charge in [-0.1, -0.05) is 19.1 Å². The Morgan fingerprint density at radius 1 is 1.20 bits per heavy atom. The molecule has 3 rings (SSSR count). The number of anilines is 1. The lowest BCUT2D eigenvalue weighted by atomic mass is 10.3. The molecule has 0 saturated heterocycles. The summed E-state index contributed by atoms with van der Waals surface area (Å²) in [5.74, 6) is 1.15. The van der Waals surface area contributed by atoms with Gasteiger partial charge in [0.15, 0.2) is 0 Å². The molecular formula is C15H19N5. The number of nitrogen functional groups attached to an aromatic ring is 1. The van der Waals surface area contributed by atoms with Crippen LogP contribution in [-0.4, -0.2) is 19.3 Å². The zero-order chi connectivity index (χ0) is 13.9. The van der Waals surface area contributed by atoms with E-state index in [2.05, 4.69) is 34.8 Å². The summed E-state index contributed by atoms with van der Waals surface area (Å²) in [5, 5.41) is 4.23. The Morgan fingerprint density at radius 3 is 2.80 bits per heavy atom. The van der Waals surface area contributed by atoms with E-state index in [1.807, 2.05) is 16.9 Å². The number of benzene rings is 1. The SMILES string of the molecule is CCCc1nc2ccccc2n1CCn1cc(N)cn1. The molecule has 0 aliphatic heterocycles. The molecule has 2 heterocycles. The van der Waals surface area contributed by atoms with E-state index in [0.29, 0.717) is 5.69 Å². The third kappa shape index (κ3) is 2.39. The van der Waals surface area contributed by atoms with Crippen molar-refractivity contribution in [3.63, 3.8) is 0 Å². The molecule has 0 bridgehead atoms. The Labute approximate surface area is 118 Å². The van der Waals surface area contributed by atoms with Gasteiger partial charge in [0.05, 0.1) is 29.5 Å². The van der Waals surface area contributed by atoms with Crippen LogP contribution in [0.3, 0.4) is 0 Å². The van der Waals surface area contributed by atoms with Crippen LogP contribution in [0, 0.1) is 0 Å². The molecule has 0 spiro atoms. The first-order chi connectivity index (χ1) is 9.78. The highest BCUT2D eigenvalue weighted by Gasteiger charge is 2.09. The highest BCUT2D eigenvalue weighted by atomic mass is 15.3. The van der Waals surface area contributed by atoms with Gasteiger partial charge in [0.1, 0.15) is 5.82 Å². The van der Waals surface area contributed by atoms with Crippen LogP contribution in [0.1, 0.15) is 19.2 Å². The fraction of sp³-hybridized carbons (Fsp3) is 0.333. The quantitative estimate of drug-likeness (QED) is 0.774. The summed E-state index contributed by atoms with van der Waals surface area (Å²) in [6.45, 7) is 3.84. The van der Waals surface area contributed by atoms with Crippen molar-refractivity contribution in [3.8, 4) is 0 Å². The maximum absolute atomic E-state index is 5.69. The van der Waals surface area contributed by atoms with Crippen molar-refractivity contribution in [3.05, 3.63) is 42.5 Å². The number of aryl methyl sites for hydroxylation is 3. The Balaban J connectivity index is 1.90. The molecule has 0 atom stereocenters. The zero-order valence-corrected chi connectivity index (χ0v) is 11.7. The molecule has 0 radical (unpaired) electrons. The van der Waals surface area contributed by atoms with Gasteiger partial charge in [-0.15, -0.1) is 0 Å². The lowest BCUT2D eigenvalue weighted by Gasteiger charge is -2.08. The normalized spacial score (nSPS) is 11.2. The van der Waals surface area contributed by atoms with Crippen LogP contribution in [0.4, 0.5) is 5.69 Å². The third-order valence-electron chi connectivity index (χ3n) is 3.41. The highest BCUT2D eigenvalue weighted by molar-refractivity contribution is 5.75. The van der Waals surface area contributed by atoms with Gasteiger partial charge in [0.25, 0.3) is 0 Å². The molecular weight excluding hydrogens is 250 g/mol. The molecule has 0 unspecified atom stereocenters. The lowest BCUT2D eigenvalue weighted by molar-refractivity contribution is 0.527. The van der Waals surface area contributed by atoms with Gasteiger partial charge in [-0.3, -0.25) is 4.68 Å². The summed E-state index contributed by atoms with van der Waals surface area (Å²) in [6.07, 6.45) is 5.63. The summed E-state index contributed by atoms with van der Waals surface area (Å²) < 4.78 is 4.16. The van der Waals surface area contributed by atoms with Gasteiger partial charge < -0.3 is 10.3 Å². The van der Waals surface area contributed by atoms with Gasteiger partial charge in [0, 0.05) is 19.2 Å². The molecule has 3 aromatic rings. The van der Waals surface area contributed by atoms with Gasteiger partial charge in [-0.05, 0) is 18.6 Å². The first-order valence-electron chi connectivity index (χ1n) is 7.00. The van der Waals surface area contributed by atoms with E-state index < -0.39 is 0 Å². The maximum Gasteiger partial charge on any atom is 0.109 e. The fourth-order valence-corrected chi connectivity index (χ4v) is 2.49. The topological polar surface area (TPSA) is 61.7 Å². The van der Waals surface area contributed by atoms with E-state index in [-0.39, 0.29) is 0 Å². The van der Waals surface area contributed by atoms with Crippen molar-refractivity contribution in [2.24, 2.45) is 0 Å². The molecule has 0 amide bonds. The van der Waals surface area contributed by atoms with Crippen LogP contribution >= 0.6 is 0 Å². The molecule has 20 heavy (non-hydrogen) atoms. The van der Waals surface area contributed by atoms with Gasteiger partial charge in [-0.2, -0.15) is 5.10 Å². The van der Waals surface area contributed by atoms with Crippen molar-refractivity contribution in [2.75, 3.05) is 5.73 Å². The summed E-state index contributed by atoms with van der Waals surface area (Å²) in [4.78, 5) is 4.73. The van der Waals surface area contributed by atoms with E-state index in [0.717, 1.165) is 37.3 Å². The maximum atomic E-state index is 5.69. The minimum Gasteiger partial charge on any atom is -0.396 e. The molecule has 0 aliphatic rings. The van der Waals surface area contributed by atoms with Gasteiger partial charge >= 0.3 is 0 Å². The number of aromatic nitrogens is 4. The number of hydrogen-bond donors (Lipinski definition) is 1. The summed E-state index contributed by atoms with van der Waals surface area (Å²) in [5.41, 5.74) is 8.65. The Kier molecular flexibility index (Phi) is 3.41. The predicted octanol–water partition coefficient (Wildman–Crippen LogP) is 2.47. The largest absolute Gasteiger partial charge is 0.396 e. The van der Waals surface area contributed by atoms with Crippen LogP contribution in [0.2, 0.25) is 0 Å². The standard InChI is InChI=1S/C15H19N5/c1-2-5-15-18-13-6-3-4-7-14(13)20(15)9-8-19-11-12(16)10-17-19/h3-4,6-7,10-11H,2,5,8-9,16H2,1H3. The van der Waals surface area contributed by atoms with Crippen LogP contribution in [0.5, 0.6) is 0 Å². The molecule has 1 aromatic carbocycles. The summed E-state index contributed by atoms with van der Waals surface area (Å²) >= 11 is 0. The first kappa shape index (κ1) is 12.7. The van der Waals surface area contributed by atoms with Crippen molar-refractivity contribution < 1.29 is 0 Å². The second-order valence-corrected chi connectivity index (χ2v) is 4.96. The van der Waals surface area contributed by atoms with Gasteiger partial charge in [-0.25, -0.2) is 4.98 Å². The molecule has 0 aliphatic carbocycles. The second kappa shape index (κ2) is 5.36. The molecule has 2 aromatic heterocycles. The monoisotopic (exact) mass is 269 g/mol. The molecule has 5 nitrogen and oxygen atoms in total. The number of imidazole rings is 1. The fourth-order valence-electron chi connectivity index (χ4n) is 2.49. The first-order valence-corrected chi connectivity index (χ1v) is 7.00. The molecule has 104 valence electrons. The van der Waals surface area contributed by atoms with E-state index in [1.165, 1.54) is 5.52 Å². The summed E-state index contributed by atoms with van der Waals surface area (Å²) in [6, 6.07) is 8.28. The zero-order valence-electron chi connectivity index (χ0n) is 11.7. The van der Waals surface area contributed by atoms with E-state index in [1.54, 1.807) is 6.20 Å². The van der Waals surface area contributed by atoms with E-state index in [4.69, 9.17) is 10.7 Å². The Hall–Kier alpha value is -2.30. The average molecular weight is 269 g/mol. The predicted molar refractivity (Wildman–Crippen MR) is 80.4 cm³/mol. The lowest BCUT2D eigenvalue weighted by Crippen LogP contribution is -2.10. The van der Waals surface area contributed by atoms with Crippen LogP contribution in [0.15, 0.2) is 36.7 Å². The van der Waals surface area contributed by atoms with E-state index >= 15 is 0 Å². The van der Waals surface area contributed by atoms with Crippen LogP contribution in [-0.2, 0) is 19.5 Å². The van der Waals surface area contributed by atoms with Crippen LogP contribution < -0.4 is 5.73 Å². The average Bonchev–Trinajstić information content (AvgIpc) is 3.00. The molecule has 2 N–H and O–H groups in total. The minimum absolute atomic E-state index is 0.703.